The molecular weight excluding hydrogens is 688 g/mol. The van der Waals surface area contributed by atoms with E-state index in [0.29, 0.717) is 23.7 Å². The number of hydrogen-bond donors (Lipinski definition) is 0. The number of rotatable bonds is 13. The normalized spacial score (nSPS) is 39.4. The van der Waals surface area contributed by atoms with Crippen LogP contribution in [0.1, 0.15) is 126 Å². The zero-order chi connectivity index (χ0) is 38.2. The minimum Gasteiger partial charge on any atom is -0.456 e. The lowest BCUT2D eigenvalue weighted by Crippen LogP contribution is -2.63. The van der Waals surface area contributed by atoms with Crippen molar-refractivity contribution in [2.75, 3.05) is 12.9 Å². The topological polar surface area (TPSA) is 141 Å². The predicted molar refractivity (Wildman–Crippen MR) is 194 cm³/mol. The van der Waals surface area contributed by atoms with Gasteiger partial charge in [-0.1, -0.05) is 65.5 Å². The molecule has 1 aliphatic heterocycles. The van der Waals surface area contributed by atoms with Gasteiger partial charge in [-0.15, -0.1) is 0 Å². The van der Waals surface area contributed by atoms with Gasteiger partial charge < -0.3 is 23.7 Å². The third-order valence-corrected chi connectivity index (χ3v) is 14.1. The summed E-state index contributed by atoms with van der Waals surface area (Å²) in [5.41, 5.74) is 1.88. The monoisotopic (exact) mass is 752 g/mol. The van der Waals surface area contributed by atoms with Gasteiger partial charge in [0.1, 0.15) is 6.10 Å². The molecule has 0 aromatic rings. The Balaban J connectivity index is 1.33. The summed E-state index contributed by atoms with van der Waals surface area (Å²) in [5.74, 6) is 2.28. The second kappa shape index (κ2) is 16.4. The van der Waals surface area contributed by atoms with Crippen LogP contribution in [0.15, 0.2) is 11.6 Å². The molecule has 0 spiro atoms. The van der Waals surface area contributed by atoms with Gasteiger partial charge in [-0.2, -0.15) is 8.42 Å². The molecule has 296 valence electrons. The molecule has 0 unspecified atom stereocenters. The number of hydrogen-bond acceptors (Lipinski definition) is 11. The molecule has 4 fully saturated rings. The van der Waals surface area contributed by atoms with Gasteiger partial charge in [0.2, 0.25) is 0 Å². The molecule has 0 N–H and O–H groups in total. The maximum Gasteiger partial charge on any atom is 0.303 e. The fourth-order valence-electron chi connectivity index (χ4n) is 11.2. The van der Waals surface area contributed by atoms with Crippen LogP contribution in [0, 0.1) is 46.3 Å². The Labute approximate surface area is 311 Å². The van der Waals surface area contributed by atoms with Crippen molar-refractivity contribution in [3.05, 3.63) is 11.6 Å². The van der Waals surface area contributed by atoms with Gasteiger partial charge in [0, 0.05) is 20.8 Å². The first kappa shape index (κ1) is 41.1. The minimum absolute atomic E-state index is 0.0698. The Bertz CT molecular complexity index is 1440. The van der Waals surface area contributed by atoms with E-state index >= 15 is 0 Å². The molecule has 5 aliphatic rings. The van der Waals surface area contributed by atoms with Gasteiger partial charge in [0.25, 0.3) is 10.1 Å². The largest absolute Gasteiger partial charge is 0.456 e. The van der Waals surface area contributed by atoms with Crippen LogP contribution in [0.25, 0.3) is 0 Å². The van der Waals surface area contributed by atoms with Gasteiger partial charge in [0.05, 0.1) is 19.0 Å². The van der Waals surface area contributed by atoms with Crippen molar-refractivity contribution in [3.8, 4) is 0 Å². The van der Waals surface area contributed by atoms with Crippen LogP contribution in [0.5, 0.6) is 0 Å². The van der Waals surface area contributed by atoms with Crippen LogP contribution in [0.2, 0.25) is 0 Å². The lowest BCUT2D eigenvalue weighted by atomic mass is 9.47. The van der Waals surface area contributed by atoms with E-state index in [2.05, 4.69) is 40.7 Å². The smallest absolute Gasteiger partial charge is 0.303 e. The maximum absolute atomic E-state index is 12.3. The van der Waals surface area contributed by atoms with E-state index in [9.17, 15) is 22.8 Å². The quantitative estimate of drug-likeness (QED) is 0.0839. The number of carbonyl (C=O) groups excluding carboxylic acids is 3. The summed E-state index contributed by atoms with van der Waals surface area (Å²) in [4.78, 5) is 36.8. The molecule has 0 radical (unpaired) electrons. The molecular formula is C40H64O11S. The second-order valence-corrected chi connectivity index (χ2v) is 19.2. The van der Waals surface area contributed by atoms with Crippen LogP contribution in [0.3, 0.4) is 0 Å². The highest BCUT2D eigenvalue weighted by Gasteiger charge is 2.60. The van der Waals surface area contributed by atoms with Gasteiger partial charge in [-0.25, -0.2) is 0 Å². The minimum atomic E-state index is -3.91. The average molecular weight is 753 g/mol. The molecule has 13 atom stereocenters. The highest BCUT2D eigenvalue weighted by atomic mass is 32.2. The van der Waals surface area contributed by atoms with Crippen molar-refractivity contribution in [2.45, 2.75) is 163 Å². The standard InChI is InChI=1S/C40H64O11S/c1-23(2)11-10-12-24(3)31-15-16-32-30-14-13-28-21-29(17-19-39(28,7)33(30)18-20-40(31,32)8)50-38-37(49-27(6)43)36(48-26(5)42)35(47-25(4)41)34(51-38)22-46-52(9,44)45/h13,23-24,29-38H,10-12,14-22H2,1-9H3/t24-,29+,30+,31-,32+,33+,34-,35-,36+,37-,38-,39+,40-/m1/s1. The Morgan fingerprint density at radius 2 is 1.52 bits per heavy atom. The fourth-order valence-corrected chi connectivity index (χ4v) is 11.6. The van der Waals surface area contributed by atoms with Crippen molar-refractivity contribution in [1.29, 1.82) is 0 Å². The molecule has 0 bridgehead atoms. The molecule has 4 aliphatic carbocycles. The lowest BCUT2D eigenvalue weighted by Gasteiger charge is -2.58. The summed E-state index contributed by atoms with van der Waals surface area (Å²) in [6.07, 6.45) is 9.35. The molecule has 1 heterocycles. The summed E-state index contributed by atoms with van der Waals surface area (Å²) in [6, 6.07) is 0. The Hall–Kier alpha value is -2.02. The first-order valence-electron chi connectivity index (χ1n) is 19.7. The molecule has 0 aromatic heterocycles. The first-order valence-corrected chi connectivity index (χ1v) is 21.5. The molecule has 1 saturated heterocycles. The van der Waals surface area contributed by atoms with Gasteiger partial charge >= 0.3 is 17.9 Å². The fraction of sp³-hybridized carbons (Fsp3) is 0.875. The molecule has 5 rings (SSSR count). The summed E-state index contributed by atoms with van der Waals surface area (Å²) in [6.45, 7) is 15.3. The summed E-state index contributed by atoms with van der Waals surface area (Å²) < 4.78 is 58.4. The van der Waals surface area contributed by atoms with Crippen LogP contribution < -0.4 is 0 Å². The van der Waals surface area contributed by atoms with Crippen molar-refractivity contribution >= 4 is 28.0 Å². The maximum atomic E-state index is 12.3. The lowest BCUT2D eigenvalue weighted by molar-refractivity contribution is -0.317. The van der Waals surface area contributed by atoms with E-state index in [1.54, 1.807) is 0 Å². The molecule has 11 nitrogen and oxygen atoms in total. The number of ether oxygens (including phenoxy) is 5. The van der Waals surface area contributed by atoms with Crippen molar-refractivity contribution in [1.82, 2.24) is 0 Å². The summed E-state index contributed by atoms with van der Waals surface area (Å²) in [7, 11) is -3.91. The summed E-state index contributed by atoms with van der Waals surface area (Å²) >= 11 is 0. The zero-order valence-electron chi connectivity index (χ0n) is 32.9. The van der Waals surface area contributed by atoms with Crippen LogP contribution >= 0.6 is 0 Å². The first-order chi connectivity index (χ1) is 24.3. The van der Waals surface area contributed by atoms with Gasteiger partial charge in [0.15, 0.2) is 24.6 Å². The molecule has 52 heavy (non-hydrogen) atoms. The van der Waals surface area contributed by atoms with Crippen LogP contribution in [-0.4, -0.2) is 76.0 Å². The van der Waals surface area contributed by atoms with Crippen LogP contribution in [-0.2, 0) is 52.4 Å². The van der Waals surface area contributed by atoms with Gasteiger partial charge in [-0.05, 0) is 97.7 Å². The third-order valence-electron chi connectivity index (χ3n) is 13.5. The van der Waals surface area contributed by atoms with E-state index in [1.807, 2.05) is 0 Å². The van der Waals surface area contributed by atoms with Crippen molar-refractivity contribution < 1.29 is 50.7 Å². The van der Waals surface area contributed by atoms with E-state index in [0.717, 1.165) is 56.1 Å². The van der Waals surface area contributed by atoms with E-state index in [-0.39, 0.29) is 11.5 Å². The van der Waals surface area contributed by atoms with E-state index < -0.39 is 65.3 Å². The average Bonchev–Trinajstić information content (AvgIpc) is 3.39. The zero-order valence-corrected chi connectivity index (χ0v) is 33.7. The molecule has 12 heteroatoms. The van der Waals surface area contributed by atoms with Gasteiger partial charge in [-0.3, -0.25) is 18.6 Å². The molecule has 0 amide bonds. The molecule has 0 aromatic carbocycles. The highest BCUT2D eigenvalue weighted by molar-refractivity contribution is 7.85. The Kier molecular flexibility index (Phi) is 13.0. The number of carbonyl (C=O) groups is 3. The SMILES string of the molecule is CC(=O)O[C@@H]1[C@@H](OC(C)=O)[C@H](O[C@H]2CC[C@@]3(C)C(=CC[C@H]4[C@@H]5CC[C@H]([C@H](C)CCCC(C)C)[C@@]5(C)CC[C@@H]43)C2)O[C@H](COS(C)(=O)=O)[C@H]1OC(C)=O. The Morgan fingerprint density at radius 1 is 0.865 bits per heavy atom. The predicted octanol–water partition coefficient (Wildman–Crippen LogP) is 6.91. The van der Waals surface area contributed by atoms with E-state index in [1.165, 1.54) is 64.4 Å². The number of fused-ring (bicyclic) bond motifs is 5. The van der Waals surface area contributed by atoms with Crippen molar-refractivity contribution in [2.24, 2.45) is 46.3 Å². The van der Waals surface area contributed by atoms with Crippen molar-refractivity contribution in [3.63, 3.8) is 0 Å². The third kappa shape index (κ3) is 9.08. The Morgan fingerprint density at radius 3 is 2.15 bits per heavy atom. The van der Waals surface area contributed by atoms with Crippen LogP contribution in [0.4, 0.5) is 0 Å². The number of allylic oxidation sites excluding steroid dienone is 1. The number of esters is 3. The van der Waals surface area contributed by atoms with E-state index in [4.69, 9.17) is 27.9 Å². The second-order valence-electron chi connectivity index (χ2n) is 17.5. The molecule has 3 saturated carbocycles. The highest BCUT2D eigenvalue weighted by Crippen LogP contribution is 2.67. The summed E-state index contributed by atoms with van der Waals surface area (Å²) in [5, 5.41) is 0.